The number of carbonyl (C=O) groups is 2. The van der Waals surface area contributed by atoms with Crippen LogP contribution in [0, 0.1) is 13.8 Å². The van der Waals surface area contributed by atoms with Gasteiger partial charge in [0.1, 0.15) is 5.75 Å². The predicted octanol–water partition coefficient (Wildman–Crippen LogP) is 2.56. The largest absolute Gasteiger partial charge is 0.481 e. The molecule has 0 fully saturated rings. The molecule has 2 rings (SSSR count). The summed E-state index contributed by atoms with van der Waals surface area (Å²) in [6, 6.07) is 9.87. The summed E-state index contributed by atoms with van der Waals surface area (Å²) in [5.74, 6) is -1.11. The summed E-state index contributed by atoms with van der Waals surface area (Å²) in [6.45, 7) is 3.00. The molecule has 0 aliphatic rings. The second-order valence-electron chi connectivity index (χ2n) is 6.35. The maximum Gasteiger partial charge on any atom is 0.341 e. The lowest BCUT2D eigenvalue weighted by molar-refractivity contribution is -0.139. The number of rotatable bonds is 7. The van der Waals surface area contributed by atoms with Crippen molar-refractivity contribution in [3.8, 4) is 5.75 Å². The highest BCUT2D eigenvalue weighted by molar-refractivity contribution is 7.89. The SMILES string of the molecule is Cc1cc(C(=O)Nc2cccc(CS(C)(=O)=O)c2)cc(C)c1OCC(=O)O. The molecule has 0 spiro atoms. The zero-order chi connectivity index (χ0) is 20.2. The number of anilines is 1. The quantitative estimate of drug-likeness (QED) is 0.751. The molecule has 0 aliphatic carbocycles. The van der Waals surface area contributed by atoms with E-state index in [0.29, 0.717) is 33.7 Å². The number of amides is 1. The Labute approximate surface area is 157 Å². The van der Waals surface area contributed by atoms with Crippen LogP contribution in [0.25, 0.3) is 0 Å². The number of carbonyl (C=O) groups excluding carboxylic acids is 1. The number of carboxylic acid groups (broad SMARTS) is 1. The van der Waals surface area contributed by atoms with Crippen molar-refractivity contribution in [1.82, 2.24) is 0 Å². The molecule has 0 radical (unpaired) electrons. The molecule has 0 heterocycles. The van der Waals surface area contributed by atoms with Crippen LogP contribution in [-0.2, 0) is 20.4 Å². The summed E-state index contributed by atoms with van der Waals surface area (Å²) in [5.41, 5.74) is 2.75. The summed E-state index contributed by atoms with van der Waals surface area (Å²) in [6.07, 6.45) is 1.15. The van der Waals surface area contributed by atoms with Gasteiger partial charge in [0.2, 0.25) is 0 Å². The average molecular weight is 391 g/mol. The van der Waals surface area contributed by atoms with Gasteiger partial charge in [0.05, 0.1) is 5.75 Å². The van der Waals surface area contributed by atoms with Crippen molar-refractivity contribution in [2.24, 2.45) is 0 Å². The van der Waals surface area contributed by atoms with Crippen LogP contribution in [0.4, 0.5) is 5.69 Å². The van der Waals surface area contributed by atoms with Crippen molar-refractivity contribution >= 4 is 27.4 Å². The predicted molar refractivity (Wildman–Crippen MR) is 102 cm³/mol. The van der Waals surface area contributed by atoms with Crippen molar-refractivity contribution < 1.29 is 27.9 Å². The lowest BCUT2D eigenvalue weighted by Gasteiger charge is -2.13. The molecule has 0 aliphatic heterocycles. The second kappa shape index (κ2) is 8.22. The number of aliphatic carboxylic acids is 1. The molecule has 1 amide bonds. The Balaban J connectivity index is 2.19. The molecular weight excluding hydrogens is 370 g/mol. The van der Waals surface area contributed by atoms with Crippen LogP contribution in [0.3, 0.4) is 0 Å². The number of aryl methyl sites for hydroxylation is 2. The van der Waals surface area contributed by atoms with Gasteiger partial charge in [-0.1, -0.05) is 12.1 Å². The Morgan fingerprint density at radius 1 is 1.11 bits per heavy atom. The number of ether oxygens (including phenoxy) is 1. The standard InChI is InChI=1S/C19H21NO6S/c1-12-7-15(8-13(2)18(12)26-10-17(21)22)19(23)20-16-6-4-5-14(9-16)11-27(3,24)25/h4-9H,10-11H2,1-3H3,(H,20,23)(H,21,22). The fraction of sp³-hybridized carbons (Fsp3) is 0.263. The molecule has 2 N–H and O–H groups in total. The fourth-order valence-electron chi connectivity index (χ4n) is 2.69. The van der Waals surface area contributed by atoms with Gasteiger partial charge >= 0.3 is 5.97 Å². The van der Waals surface area contributed by atoms with Gasteiger partial charge in [-0.15, -0.1) is 0 Å². The van der Waals surface area contributed by atoms with Gasteiger partial charge in [-0.25, -0.2) is 13.2 Å². The molecule has 2 aromatic carbocycles. The van der Waals surface area contributed by atoms with E-state index in [-0.39, 0.29) is 11.7 Å². The molecule has 0 saturated carbocycles. The minimum atomic E-state index is -3.17. The van der Waals surface area contributed by atoms with Crippen LogP contribution in [-0.4, -0.2) is 38.3 Å². The number of nitrogens with one attached hydrogen (secondary N) is 1. The summed E-state index contributed by atoms with van der Waals surface area (Å²) in [7, 11) is -3.17. The molecule has 0 saturated heterocycles. The highest BCUT2D eigenvalue weighted by Gasteiger charge is 2.13. The van der Waals surface area contributed by atoms with Gasteiger partial charge in [0.15, 0.2) is 16.4 Å². The van der Waals surface area contributed by atoms with E-state index >= 15 is 0 Å². The average Bonchev–Trinajstić information content (AvgIpc) is 2.52. The van der Waals surface area contributed by atoms with Gasteiger partial charge in [-0.3, -0.25) is 4.79 Å². The summed E-state index contributed by atoms with van der Waals surface area (Å²) < 4.78 is 28.1. The molecule has 2 aromatic rings. The molecule has 27 heavy (non-hydrogen) atoms. The van der Waals surface area contributed by atoms with Gasteiger partial charge in [0, 0.05) is 17.5 Å². The first-order chi connectivity index (χ1) is 12.5. The molecule has 144 valence electrons. The fourth-order valence-corrected chi connectivity index (χ4v) is 3.47. The van der Waals surface area contributed by atoms with Crippen molar-refractivity contribution in [1.29, 1.82) is 0 Å². The third-order valence-electron chi connectivity index (χ3n) is 3.68. The van der Waals surface area contributed by atoms with E-state index in [0.717, 1.165) is 6.26 Å². The molecular formula is C19H21NO6S. The molecule has 0 aromatic heterocycles. The normalized spacial score (nSPS) is 11.1. The Kier molecular flexibility index (Phi) is 6.22. The molecule has 8 heteroatoms. The second-order valence-corrected chi connectivity index (χ2v) is 8.49. The number of benzene rings is 2. The van der Waals surface area contributed by atoms with Crippen LogP contribution in [0.15, 0.2) is 36.4 Å². The zero-order valence-corrected chi connectivity index (χ0v) is 16.1. The number of carboxylic acids is 1. The van der Waals surface area contributed by atoms with E-state index in [2.05, 4.69) is 5.32 Å². The Morgan fingerprint density at radius 2 is 1.74 bits per heavy atom. The van der Waals surface area contributed by atoms with E-state index in [9.17, 15) is 18.0 Å². The van der Waals surface area contributed by atoms with Crippen LogP contribution in [0.5, 0.6) is 5.75 Å². The van der Waals surface area contributed by atoms with Gasteiger partial charge in [0.25, 0.3) is 5.91 Å². The lowest BCUT2D eigenvalue weighted by Crippen LogP contribution is -2.14. The Morgan fingerprint density at radius 3 is 2.30 bits per heavy atom. The van der Waals surface area contributed by atoms with Crippen LogP contribution in [0.2, 0.25) is 0 Å². The number of hydrogen-bond acceptors (Lipinski definition) is 5. The summed E-state index contributed by atoms with van der Waals surface area (Å²) >= 11 is 0. The molecule has 7 nitrogen and oxygen atoms in total. The van der Waals surface area contributed by atoms with E-state index in [1.54, 1.807) is 50.2 Å². The van der Waals surface area contributed by atoms with Crippen molar-refractivity contribution in [3.63, 3.8) is 0 Å². The van der Waals surface area contributed by atoms with Crippen LogP contribution < -0.4 is 10.1 Å². The van der Waals surface area contributed by atoms with E-state index in [4.69, 9.17) is 9.84 Å². The summed E-state index contributed by atoms with van der Waals surface area (Å²) in [5, 5.41) is 11.5. The maximum absolute atomic E-state index is 12.5. The third-order valence-corrected chi connectivity index (χ3v) is 4.53. The van der Waals surface area contributed by atoms with Crippen LogP contribution >= 0.6 is 0 Å². The molecule has 0 unspecified atom stereocenters. The van der Waals surface area contributed by atoms with E-state index in [1.807, 2.05) is 0 Å². The monoisotopic (exact) mass is 391 g/mol. The zero-order valence-electron chi connectivity index (χ0n) is 15.3. The number of sulfone groups is 1. The van der Waals surface area contributed by atoms with Gasteiger partial charge < -0.3 is 15.2 Å². The van der Waals surface area contributed by atoms with E-state index in [1.165, 1.54) is 0 Å². The minimum Gasteiger partial charge on any atom is -0.481 e. The first-order valence-electron chi connectivity index (χ1n) is 8.09. The molecule has 0 atom stereocenters. The Hall–Kier alpha value is -2.87. The maximum atomic E-state index is 12.5. The highest BCUT2D eigenvalue weighted by Crippen LogP contribution is 2.25. The molecule has 0 bridgehead atoms. The van der Waals surface area contributed by atoms with Crippen molar-refractivity contribution in [2.45, 2.75) is 19.6 Å². The van der Waals surface area contributed by atoms with Crippen molar-refractivity contribution in [2.75, 3.05) is 18.2 Å². The topological polar surface area (TPSA) is 110 Å². The van der Waals surface area contributed by atoms with Crippen molar-refractivity contribution in [3.05, 3.63) is 58.7 Å². The number of hydrogen-bond donors (Lipinski definition) is 2. The minimum absolute atomic E-state index is 0.107. The first-order valence-corrected chi connectivity index (χ1v) is 10.1. The first kappa shape index (κ1) is 20.4. The van der Waals surface area contributed by atoms with Gasteiger partial charge in [-0.05, 0) is 54.8 Å². The smallest absolute Gasteiger partial charge is 0.341 e. The van der Waals surface area contributed by atoms with Gasteiger partial charge in [-0.2, -0.15) is 0 Å². The third kappa shape index (κ3) is 6.10. The summed E-state index contributed by atoms with van der Waals surface area (Å²) in [4.78, 5) is 23.2. The Bertz CT molecular complexity index is 958. The van der Waals surface area contributed by atoms with Crippen LogP contribution in [0.1, 0.15) is 27.0 Å². The highest BCUT2D eigenvalue weighted by atomic mass is 32.2. The lowest BCUT2D eigenvalue weighted by atomic mass is 10.0. The van der Waals surface area contributed by atoms with E-state index < -0.39 is 22.4 Å².